The van der Waals surface area contributed by atoms with E-state index < -0.39 is 0 Å². The smallest absolute Gasteiger partial charge is 0.290 e. The van der Waals surface area contributed by atoms with Gasteiger partial charge >= 0.3 is 0 Å². The molecule has 0 fully saturated rings. The molecule has 6 nitrogen and oxygen atoms in total. The average molecular weight is 520 g/mol. The van der Waals surface area contributed by atoms with Crippen molar-refractivity contribution >= 4 is 6.47 Å². The topological polar surface area (TPSA) is 91.0 Å². The van der Waals surface area contributed by atoms with E-state index in [9.17, 15) is 0 Å². The number of hydrogen-bond acceptors (Lipinski definition) is 5. The highest BCUT2D eigenvalue weighted by molar-refractivity contribution is 5.34. The fraction of sp³-hybridized carbons (Fsp3) is 0.516. The molecule has 0 aliphatic carbocycles. The van der Waals surface area contributed by atoms with Gasteiger partial charge in [-0.3, -0.25) is 4.79 Å². The highest BCUT2D eigenvalue weighted by atomic mass is 16.5. The van der Waals surface area contributed by atoms with Crippen molar-refractivity contribution in [3.05, 3.63) is 71.1 Å². The number of carbonyl (C=O) groups is 1. The van der Waals surface area contributed by atoms with Crippen LogP contribution in [0.4, 0.5) is 0 Å². The zero-order chi connectivity index (χ0) is 29.1. The summed E-state index contributed by atoms with van der Waals surface area (Å²) in [6.07, 6.45) is 5.52. The molecule has 0 spiro atoms. The summed E-state index contributed by atoms with van der Waals surface area (Å²) < 4.78 is 16.4. The van der Waals surface area contributed by atoms with Crippen LogP contribution >= 0.6 is 0 Å². The SMILES string of the molecule is CC.CC.CC/C(N)=C/OC.CCc1ccc(O[C@H](C)CCOc2ccc(CC)c(C)c2)cc1.O=CO. The molecule has 6 heteroatoms. The number of nitrogens with two attached hydrogens (primary N) is 1. The first-order chi connectivity index (χ1) is 17.8. The number of ether oxygens (including phenoxy) is 3. The van der Waals surface area contributed by atoms with Crippen LogP contribution in [0.1, 0.15) is 84.9 Å². The lowest BCUT2D eigenvalue weighted by atomic mass is 10.1. The predicted octanol–water partition coefficient (Wildman–Crippen LogP) is 7.95. The van der Waals surface area contributed by atoms with Crippen molar-refractivity contribution in [2.24, 2.45) is 5.73 Å². The van der Waals surface area contributed by atoms with Crippen LogP contribution in [-0.2, 0) is 22.4 Å². The minimum atomic E-state index is -0.250. The summed E-state index contributed by atoms with van der Waals surface area (Å²) >= 11 is 0. The van der Waals surface area contributed by atoms with Gasteiger partial charge in [-0.1, -0.05) is 66.7 Å². The first-order valence-corrected chi connectivity index (χ1v) is 13.4. The van der Waals surface area contributed by atoms with Crippen LogP contribution in [0.25, 0.3) is 0 Å². The molecule has 37 heavy (non-hydrogen) atoms. The lowest BCUT2D eigenvalue weighted by Crippen LogP contribution is -2.15. The molecule has 2 aromatic rings. The third-order valence-electron chi connectivity index (χ3n) is 4.83. The van der Waals surface area contributed by atoms with Gasteiger partial charge in [0.05, 0.1) is 19.8 Å². The highest BCUT2D eigenvalue weighted by Crippen LogP contribution is 2.19. The van der Waals surface area contributed by atoms with Gasteiger partial charge < -0.3 is 25.1 Å². The Morgan fingerprint density at radius 2 is 1.51 bits per heavy atom. The Morgan fingerprint density at radius 3 is 1.92 bits per heavy atom. The lowest BCUT2D eigenvalue weighted by molar-refractivity contribution is -0.122. The Morgan fingerprint density at radius 1 is 0.973 bits per heavy atom. The molecule has 1 atom stereocenters. The minimum Gasteiger partial charge on any atom is -0.503 e. The van der Waals surface area contributed by atoms with Crippen molar-refractivity contribution in [2.45, 2.75) is 94.1 Å². The van der Waals surface area contributed by atoms with Crippen LogP contribution in [-0.4, -0.2) is 31.4 Å². The maximum atomic E-state index is 8.36. The monoisotopic (exact) mass is 519 g/mol. The minimum absolute atomic E-state index is 0.137. The van der Waals surface area contributed by atoms with Crippen LogP contribution in [0.2, 0.25) is 0 Å². The summed E-state index contributed by atoms with van der Waals surface area (Å²) in [6, 6.07) is 14.7. The average Bonchev–Trinajstić information content (AvgIpc) is 2.92. The molecular formula is C31H53NO5. The molecule has 0 saturated carbocycles. The molecule has 2 aromatic carbocycles. The van der Waals surface area contributed by atoms with Crippen LogP contribution < -0.4 is 15.2 Å². The molecule has 0 heterocycles. The van der Waals surface area contributed by atoms with E-state index in [1.807, 2.05) is 46.8 Å². The fourth-order valence-electron chi connectivity index (χ4n) is 2.83. The number of carboxylic acid groups (broad SMARTS) is 1. The van der Waals surface area contributed by atoms with E-state index >= 15 is 0 Å². The van der Waals surface area contributed by atoms with Crippen LogP contribution in [0, 0.1) is 6.92 Å². The normalized spacial score (nSPS) is 10.3. The Balaban J connectivity index is -0.000000690. The molecule has 0 aromatic heterocycles. The van der Waals surface area contributed by atoms with Crippen molar-refractivity contribution in [3.8, 4) is 11.5 Å². The Hall–Kier alpha value is -3.15. The Bertz CT molecular complexity index is 804. The van der Waals surface area contributed by atoms with Gasteiger partial charge in [0.15, 0.2) is 0 Å². The molecule has 0 amide bonds. The van der Waals surface area contributed by atoms with Gasteiger partial charge in [0.25, 0.3) is 6.47 Å². The summed E-state index contributed by atoms with van der Waals surface area (Å²) in [5, 5.41) is 6.89. The molecule has 0 aliphatic heterocycles. The standard InChI is InChI=1S/C21H28O2.C5H11NO.2C2H6.CH2O2/c1-5-18-7-10-20(11-8-18)23-17(4)13-14-22-21-12-9-19(6-2)16(3)15-21;1-3-5(6)4-7-2;2*1-2;2-1-3/h7-12,15,17H,5-6,13-14H2,1-4H3;4H,3,6H2,1-2H3;2*1-2H3;1H,(H,2,3)/b;5-4-;;;/t17-;;;;/m1..../s1. The largest absolute Gasteiger partial charge is 0.503 e. The fourth-order valence-corrected chi connectivity index (χ4v) is 2.83. The number of rotatable bonds is 10. The summed E-state index contributed by atoms with van der Waals surface area (Å²) in [6.45, 7) is 18.9. The second kappa shape index (κ2) is 27.4. The van der Waals surface area contributed by atoms with Gasteiger partial charge in [0.1, 0.15) is 17.8 Å². The van der Waals surface area contributed by atoms with E-state index in [4.69, 9.17) is 25.1 Å². The number of hydrogen-bond donors (Lipinski definition) is 2. The van der Waals surface area contributed by atoms with Gasteiger partial charge in [-0.25, -0.2) is 0 Å². The number of methoxy groups -OCH3 is 1. The van der Waals surface area contributed by atoms with Gasteiger partial charge in [-0.2, -0.15) is 0 Å². The zero-order valence-electron chi connectivity index (χ0n) is 25.0. The number of benzene rings is 2. The van der Waals surface area contributed by atoms with E-state index in [2.05, 4.69) is 62.8 Å². The number of aryl methyl sites for hydroxylation is 3. The predicted molar refractivity (Wildman–Crippen MR) is 158 cm³/mol. The molecule has 0 bridgehead atoms. The first-order valence-electron chi connectivity index (χ1n) is 13.4. The van der Waals surface area contributed by atoms with Crippen molar-refractivity contribution < 1.29 is 24.1 Å². The maximum Gasteiger partial charge on any atom is 0.290 e. The Labute approximate surface area is 226 Å². The quantitative estimate of drug-likeness (QED) is 0.244. The van der Waals surface area contributed by atoms with Gasteiger partial charge in [0.2, 0.25) is 0 Å². The molecule has 3 N–H and O–H groups in total. The van der Waals surface area contributed by atoms with Crippen molar-refractivity contribution in [1.82, 2.24) is 0 Å². The van der Waals surface area contributed by atoms with E-state index in [-0.39, 0.29) is 12.6 Å². The van der Waals surface area contributed by atoms with Crippen LogP contribution in [0.5, 0.6) is 11.5 Å². The van der Waals surface area contributed by atoms with Gasteiger partial charge in [-0.15, -0.1) is 0 Å². The van der Waals surface area contributed by atoms with Gasteiger partial charge in [-0.05, 0) is 74.1 Å². The Kier molecular flexibility index (Phi) is 28.5. The summed E-state index contributed by atoms with van der Waals surface area (Å²) in [7, 11) is 1.59. The van der Waals surface area contributed by atoms with Crippen molar-refractivity contribution in [1.29, 1.82) is 0 Å². The van der Waals surface area contributed by atoms with E-state index in [0.29, 0.717) is 6.61 Å². The molecule has 212 valence electrons. The van der Waals surface area contributed by atoms with Gasteiger partial charge in [0, 0.05) is 12.1 Å². The summed E-state index contributed by atoms with van der Waals surface area (Å²) in [4.78, 5) is 8.36. The highest BCUT2D eigenvalue weighted by Gasteiger charge is 2.06. The third-order valence-corrected chi connectivity index (χ3v) is 4.83. The maximum absolute atomic E-state index is 8.36. The molecule has 0 radical (unpaired) electrons. The first kappa shape index (κ1) is 38.4. The van der Waals surface area contributed by atoms with E-state index in [0.717, 1.165) is 42.9 Å². The second-order valence-corrected chi connectivity index (χ2v) is 7.39. The second-order valence-electron chi connectivity index (χ2n) is 7.39. The molecule has 0 aliphatic rings. The molecule has 0 saturated heterocycles. The third kappa shape index (κ3) is 20.7. The summed E-state index contributed by atoms with van der Waals surface area (Å²) in [5.74, 6) is 1.87. The lowest BCUT2D eigenvalue weighted by Gasteiger charge is -2.16. The molecule has 2 rings (SSSR count). The van der Waals surface area contributed by atoms with Crippen LogP contribution in [0.3, 0.4) is 0 Å². The van der Waals surface area contributed by atoms with E-state index in [1.54, 1.807) is 13.4 Å². The molecular weight excluding hydrogens is 466 g/mol. The van der Waals surface area contributed by atoms with Crippen molar-refractivity contribution in [2.75, 3.05) is 13.7 Å². The summed E-state index contributed by atoms with van der Waals surface area (Å²) in [5.41, 5.74) is 10.1. The molecule has 0 unspecified atom stereocenters. The number of allylic oxidation sites excluding steroid dienone is 1. The van der Waals surface area contributed by atoms with E-state index in [1.165, 1.54) is 16.7 Å². The zero-order valence-corrected chi connectivity index (χ0v) is 25.0. The van der Waals surface area contributed by atoms with Crippen molar-refractivity contribution in [3.63, 3.8) is 0 Å². The van der Waals surface area contributed by atoms with Crippen LogP contribution in [0.15, 0.2) is 54.4 Å².